The van der Waals surface area contributed by atoms with Crippen molar-refractivity contribution in [2.75, 3.05) is 39.8 Å². The van der Waals surface area contributed by atoms with E-state index >= 15 is 0 Å². The van der Waals surface area contributed by atoms with Crippen molar-refractivity contribution in [2.24, 2.45) is 4.99 Å². The maximum atomic E-state index is 11.4. The fraction of sp³-hybridized carbons (Fsp3) is 0.562. The van der Waals surface area contributed by atoms with Crippen LogP contribution in [0.1, 0.15) is 19.4 Å². The van der Waals surface area contributed by atoms with Crippen molar-refractivity contribution < 1.29 is 9.53 Å². The molecule has 1 aliphatic heterocycles. The molecule has 1 saturated heterocycles. The third kappa shape index (κ3) is 5.81. The number of piperazine rings is 1. The predicted molar refractivity (Wildman–Crippen MR) is 105 cm³/mol. The first-order chi connectivity index (χ1) is 11.1. The van der Waals surface area contributed by atoms with Gasteiger partial charge in [0.1, 0.15) is 0 Å². The normalized spacial score (nSPS) is 14.9. The summed E-state index contributed by atoms with van der Waals surface area (Å²) in [4.78, 5) is 24.3. The molecule has 0 aromatic carbocycles. The molecule has 24 heavy (non-hydrogen) atoms. The number of carbonyl (C=O) groups is 1. The van der Waals surface area contributed by atoms with Gasteiger partial charge in [-0.1, -0.05) is 0 Å². The first kappa shape index (κ1) is 20.5. The van der Waals surface area contributed by atoms with Gasteiger partial charge in [-0.25, -0.2) is 9.98 Å². The van der Waals surface area contributed by atoms with Gasteiger partial charge in [-0.3, -0.25) is 4.79 Å². The average molecular weight is 447 g/mol. The van der Waals surface area contributed by atoms with Crippen molar-refractivity contribution in [3.63, 3.8) is 0 Å². The molecule has 8 heteroatoms. The molecule has 2 heterocycles. The van der Waals surface area contributed by atoms with Gasteiger partial charge in [0, 0.05) is 51.9 Å². The van der Waals surface area contributed by atoms with E-state index in [1.54, 1.807) is 20.2 Å². The molecule has 0 saturated carbocycles. The number of ether oxygens (including phenoxy) is 1. The molecule has 0 spiro atoms. The number of aliphatic imine (C=N–C) groups is 1. The van der Waals surface area contributed by atoms with Crippen LogP contribution in [0.2, 0.25) is 0 Å². The number of methoxy groups -OCH3 is 1. The number of nitrogens with zero attached hydrogens (tertiary/aromatic N) is 4. The fourth-order valence-electron chi connectivity index (χ4n) is 2.49. The monoisotopic (exact) mass is 447 g/mol. The number of pyridine rings is 1. The summed E-state index contributed by atoms with van der Waals surface area (Å²) in [6, 6.07) is 3.82. The van der Waals surface area contributed by atoms with E-state index in [2.05, 4.69) is 22.1 Å². The molecule has 0 bridgehead atoms. The highest BCUT2D eigenvalue weighted by molar-refractivity contribution is 14.0. The number of rotatable bonds is 4. The number of aromatic nitrogens is 1. The fourth-order valence-corrected chi connectivity index (χ4v) is 2.49. The number of nitrogens with one attached hydrogen (secondary N) is 1. The van der Waals surface area contributed by atoms with Crippen molar-refractivity contribution in [3.05, 3.63) is 23.9 Å². The topological polar surface area (TPSA) is 70.1 Å². The van der Waals surface area contributed by atoms with Gasteiger partial charge in [0.05, 0.1) is 13.7 Å². The van der Waals surface area contributed by atoms with Crippen LogP contribution in [-0.2, 0) is 11.3 Å². The van der Waals surface area contributed by atoms with Crippen molar-refractivity contribution in [1.82, 2.24) is 20.1 Å². The molecule has 1 aliphatic rings. The minimum absolute atomic E-state index is 0. The maximum absolute atomic E-state index is 11.4. The minimum atomic E-state index is 0. The summed E-state index contributed by atoms with van der Waals surface area (Å²) in [5, 5.41) is 3.32. The second-order valence-corrected chi connectivity index (χ2v) is 5.37. The first-order valence-electron chi connectivity index (χ1n) is 7.91. The first-order valence-corrected chi connectivity index (χ1v) is 7.91. The second kappa shape index (κ2) is 10.3. The van der Waals surface area contributed by atoms with Gasteiger partial charge in [-0.15, -0.1) is 24.0 Å². The molecule has 0 radical (unpaired) electrons. The maximum Gasteiger partial charge on any atom is 0.219 e. The summed E-state index contributed by atoms with van der Waals surface area (Å²) in [6.07, 6.45) is 1.72. The van der Waals surface area contributed by atoms with Gasteiger partial charge in [-0.2, -0.15) is 0 Å². The number of amides is 1. The third-order valence-electron chi connectivity index (χ3n) is 3.78. The van der Waals surface area contributed by atoms with Crippen LogP contribution < -0.4 is 10.1 Å². The number of guanidine groups is 1. The van der Waals surface area contributed by atoms with E-state index in [0.717, 1.165) is 44.2 Å². The molecule has 1 amide bonds. The van der Waals surface area contributed by atoms with Crippen LogP contribution in [0.15, 0.2) is 23.3 Å². The number of hydrogen-bond donors (Lipinski definition) is 1. The van der Waals surface area contributed by atoms with E-state index < -0.39 is 0 Å². The van der Waals surface area contributed by atoms with E-state index in [9.17, 15) is 4.79 Å². The molecule has 0 unspecified atom stereocenters. The summed E-state index contributed by atoms with van der Waals surface area (Å²) < 4.78 is 5.14. The quantitative estimate of drug-likeness (QED) is 0.429. The number of halogens is 1. The van der Waals surface area contributed by atoms with Crippen LogP contribution in [0.5, 0.6) is 5.88 Å². The summed E-state index contributed by atoms with van der Waals surface area (Å²) >= 11 is 0. The Morgan fingerprint density at radius 2 is 2.00 bits per heavy atom. The predicted octanol–water partition coefficient (Wildman–Crippen LogP) is 1.34. The zero-order chi connectivity index (χ0) is 16.7. The lowest BCUT2D eigenvalue weighted by atomic mass is 10.2. The molecule has 134 valence electrons. The van der Waals surface area contributed by atoms with Gasteiger partial charge >= 0.3 is 0 Å². The lowest BCUT2D eigenvalue weighted by Crippen LogP contribution is -2.53. The van der Waals surface area contributed by atoms with Gasteiger partial charge in [0.25, 0.3) is 0 Å². The highest BCUT2D eigenvalue weighted by Crippen LogP contribution is 2.10. The Kier molecular flexibility index (Phi) is 8.80. The molecule has 1 N–H and O–H groups in total. The summed E-state index contributed by atoms with van der Waals surface area (Å²) in [7, 11) is 1.61. The van der Waals surface area contributed by atoms with Crippen molar-refractivity contribution in [3.8, 4) is 5.88 Å². The number of carbonyl (C=O) groups excluding carboxylic acids is 1. The molecular formula is C16H26IN5O2. The lowest BCUT2D eigenvalue weighted by molar-refractivity contribution is -0.130. The molecule has 1 aromatic rings. The molecule has 2 rings (SSSR count). The highest BCUT2D eigenvalue weighted by atomic mass is 127. The van der Waals surface area contributed by atoms with E-state index in [0.29, 0.717) is 12.4 Å². The Hall–Kier alpha value is -1.58. The van der Waals surface area contributed by atoms with E-state index in [1.807, 2.05) is 17.0 Å². The van der Waals surface area contributed by atoms with Crippen LogP contribution in [0.25, 0.3) is 0 Å². The summed E-state index contributed by atoms with van der Waals surface area (Å²) in [5.41, 5.74) is 1.05. The van der Waals surface area contributed by atoms with E-state index in [1.165, 1.54) is 0 Å². The molecule has 1 aromatic heterocycles. The lowest BCUT2D eigenvalue weighted by Gasteiger charge is -2.36. The molecule has 0 atom stereocenters. The Labute approximate surface area is 160 Å². The summed E-state index contributed by atoms with van der Waals surface area (Å²) in [6.45, 7) is 8.12. The zero-order valence-corrected chi connectivity index (χ0v) is 16.8. The molecule has 0 aliphatic carbocycles. The third-order valence-corrected chi connectivity index (χ3v) is 3.78. The molecule has 7 nitrogen and oxygen atoms in total. The van der Waals surface area contributed by atoms with E-state index in [-0.39, 0.29) is 29.9 Å². The van der Waals surface area contributed by atoms with Gasteiger partial charge in [-0.05, 0) is 18.6 Å². The zero-order valence-electron chi connectivity index (χ0n) is 14.5. The average Bonchev–Trinajstić information content (AvgIpc) is 2.59. The van der Waals surface area contributed by atoms with Crippen molar-refractivity contribution >= 4 is 35.8 Å². The van der Waals surface area contributed by atoms with Crippen LogP contribution in [-0.4, -0.2) is 66.5 Å². The minimum Gasteiger partial charge on any atom is -0.481 e. The Bertz CT molecular complexity index is 559. The van der Waals surface area contributed by atoms with Crippen molar-refractivity contribution in [2.45, 2.75) is 20.4 Å². The van der Waals surface area contributed by atoms with Crippen LogP contribution in [0.4, 0.5) is 0 Å². The SMILES string of the molecule is CCNC(=NCc1ccnc(OC)c1)N1CCN(C(C)=O)CC1.I. The van der Waals surface area contributed by atoms with Gasteiger partial charge in [0.15, 0.2) is 5.96 Å². The van der Waals surface area contributed by atoms with Crippen LogP contribution in [0, 0.1) is 0 Å². The smallest absolute Gasteiger partial charge is 0.219 e. The molecule has 1 fully saturated rings. The van der Waals surface area contributed by atoms with Gasteiger partial charge < -0.3 is 19.9 Å². The number of hydrogen-bond acceptors (Lipinski definition) is 4. The van der Waals surface area contributed by atoms with Crippen LogP contribution in [0.3, 0.4) is 0 Å². The molecular weight excluding hydrogens is 421 g/mol. The Morgan fingerprint density at radius 1 is 1.33 bits per heavy atom. The largest absolute Gasteiger partial charge is 0.481 e. The Morgan fingerprint density at radius 3 is 2.58 bits per heavy atom. The standard InChI is InChI=1S/C16H25N5O2.HI/c1-4-17-16(21-9-7-20(8-10-21)13(2)22)19-12-14-5-6-18-15(11-14)23-3;/h5-6,11H,4,7-10,12H2,1-3H3,(H,17,19);1H. The summed E-state index contributed by atoms with van der Waals surface area (Å²) in [5.74, 6) is 1.61. The van der Waals surface area contributed by atoms with Gasteiger partial charge in [0.2, 0.25) is 11.8 Å². The highest BCUT2D eigenvalue weighted by Gasteiger charge is 2.20. The van der Waals surface area contributed by atoms with Crippen molar-refractivity contribution in [1.29, 1.82) is 0 Å². The van der Waals surface area contributed by atoms with E-state index in [4.69, 9.17) is 9.73 Å². The Balaban J connectivity index is 0.00000288. The second-order valence-electron chi connectivity index (χ2n) is 5.37. The van der Waals surface area contributed by atoms with Crippen LogP contribution >= 0.6 is 24.0 Å².